The van der Waals surface area contributed by atoms with Gasteiger partial charge in [0.25, 0.3) is 0 Å². The van der Waals surface area contributed by atoms with Gasteiger partial charge >= 0.3 is 0 Å². The highest BCUT2D eigenvalue weighted by Crippen LogP contribution is 2.25. The average Bonchev–Trinajstić information content (AvgIpc) is 2.52. The lowest BCUT2D eigenvalue weighted by Crippen LogP contribution is -2.30. The molecule has 0 aliphatic carbocycles. The van der Waals surface area contributed by atoms with Crippen LogP contribution in [-0.2, 0) is 0 Å². The molecule has 11 heavy (non-hydrogen) atoms. The Morgan fingerprint density at radius 3 is 3.18 bits per heavy atom. The zero-order valence-corrected chi connectivity index (χ0v) is 7.79. The molecule has 1 fully saturated rings. The maximum atomic E-state index is 5.24. The first kappa shape index (κ1) is 8.96. The minimum atomic E-state index is 0.233. The fourth-order valence-corrected chi connectivity index (χ4v) is 2.39. The van der Waals surface area contributed by atoms with Crippen molar-refractivity contribution < 1.29 is 0 Å². The molecule has 1 aliphatic rings. The Labute approximate surface area is 73.3 Å². The molecule has 0 saturated carbocycles. The molecule has 1 N–H and O–H groups in total. The van der Waals surface area contributed by atoms with Crippen LogP contribution in [0.1, 0.15) is 19.8 Å². The topological polar surface area (TPSA) is 12.0 Å². The molecule has 0 radical (unpaired) electrons. The molecule has 1 rings (SSSR count). The first-order chi connectivity index (χ1) is 5.33. The molecule has 1 aliphatic heterocycles. The minimum absolute atomic E-state index is 0.233. The van der Waals surface area contributed by atoms with Crippen LogP contribution < -0.4 is 5.32 Å². The molecule has 0 aromatic heterocycles. The van der Waals surface area contributed by atoms with Crippen LogP contribution in [0.3, 0.4) is 0 Å². The van der Waals surface area contributed by atoms with Gasteiger partial charge in [0.2, 0.25) is 0 Å². The van der Waals surface area contributed by atoms with Crippen molar-refractivity contribution in [2.24, 2.45) is 0 Å². The first-order valence-corrected chi connectivity index (χ1v) is 5.19. The molecular weight excluding hydrogens is 154 g/mol. The van der Waals surface area contributed by atoms with E-state index in [0.717, 1.165) is 11.8 Å². The highest BCUT2D eigenvalue weighted by Gasteiger charge is 2.15. The van der Waals surface area contributed by atoms with E-state index in [-0.39, 0.29) is 6.04 Å². The van der Waals surface area contributed by atoms with Gasteiger partial charge in [-0.3, -0.25) is 0 Å². The minimum Gasteiger partial charge on any atom is -0.303 e. The second kappa shape index (κ2) is 4.69. The van der Waals surface area contributed by atoms with Crippen molar-refractivity contribution in [2.45, 2.75) is 31.1 Å². The van der Waals surface area contributed by atoms with Gasteiger partial charge in [0.1, 0.15) is 0 Å². The quantitative estimate of drug-likeness (QED) is 0.642. The largest absolute Gasteiger partial charge is 0.303 e. The summed E-state index contributed by atoms with van der Waals surface area (Å²) < 4.78 is 0. The predicted molar refractivity (Wildman–Crippen MR) is 51.8 cm³/mol. The van der Waals surface area contributed by atoms with Crippen LogP contribution in [0.5, 0.6) is 0 Å². The average molecular weight is 169 g/mol. The SMILES string of the molecule is C#CC(C)NCC1CCCS1. The van der Waals surface area contributed by atoms with Gasteiger partial charge in [-0.1, -0.05) is 5.92 Å². The number of hydrogen-bond donors (Lipinski definition) is 1. The van der Waals surface area contributed by atoms with E-state index in [1.54, 1.807) is 0 Å². The molecule has 2 heteroatoms. The smallest absolute Gasteiger partial charge is 0.0658 e. The number of terminal acetylenes is 1. The summed E-state index contributed by atoms with van der Waals surface area (Å²) in [7, 11) is 0. The van der Waals surface area contributed by atoms with E-state index in [1.807, 2.05) is 6.92 Å². The van der Waals surface area contributed by atoms with Crippen LogP contribution >= 0.6 is 11.8 Å². The zero-order chi connectivity index (χ0) is 8.10. The van der Waals surface area contributed by atoms with Crippen molar-refractivity contribution in [3.63, 3.8) is 0 Å². The highest BCUT2D eigenvalue weighted by atomic mass is 32.2. The number of hydrogen-bond acceptors (Lipinski definition) is 2. The Hall–Kier alpha value is -0.130. The van der Waals surface area contributed by atoms with Gasteiger partial charge in [0.15, 0.2) is 0 Å². The summed E-state index contributed by atoms with van der Waals surface area (Å²) in [5.74, 6) is 4.00. The maximum absolute atomic E-state index is 5.24. The third-order valence-electron chi connectivity index (χ3n) is 1.93. The summed E-state index contributed by atoms with van der Waals surface area (Å²) in [4.78, 5) is 0. The molecule has 1 nitrogen and oxygen atoms in total. The van der Waals surface area contributed by atoms with Gasteiger partial charge in [-0.25, -0.2) is 0 Å². The van der Waals surface area contributed by atoms with Crippen molar-refractivity contribution in [3.8, 4) is 12.3 Å². The van der Waals surface area contributed by atoms with E-state index < -0.39 is 0 Å². The monoisotopic (exact) mass is 169 g/mol. The molecular formula is C9H15NS. The van der Waals surface area contributed by atoms with Gasteiger partial charge in [-0.15, -0.1) is 6.42 Å². The number of nitrogens with one attached hydrogen (secondary N) is 1. The number of thioether (sulfide) groups is 1. The Kier molecular flexibility index (Phi) is 3.82. The molecule has 2 atom stereocenters. The fourth-order valence-electron chi connectivity index (χ4n) is 1.17. The van der Waals surface area contributed by atoms with E-state index in [9.17, 15) is 0 Å². The van der Waals surface area contributed by atoms with Crippen LogP contribution in [0, 0.1) is 12.3 Å². The van der Waals surface area contributed by atoms with Crippen LogP contribution in [0.15, 0.2) is 0 Å². The van der Waals surface area contributed by atoms with Gasteiger partial charge < -0.3 is 5.32 Å². The van der Waals surface area contributed by atoms with Crippen molar-refractivity contribution in [2.75, 3.05) is 12.3 Å². The van der Waals surface area contributed by atoms with Crippen LogP contribution in [0.2, 0.25) is 0 Å². The van der Waals surface area contributed by atoms with Gasteiger partial charge in [-0.2, -0.15) is 11.8 Å². The molecule has 62 valence electrons. The van der Waals surface area contributed by atoms with Gasteiger partial charge in [0, 0.05) is 11.8 Å². The van der Waals surface area contributed by atoms with Crippen molar-refractivity contribution in [1.29, 1.82) is 0 Å². The Morgan fingerprint density at radius 2 is 2.64 bits per heavy atom. The fraction of sp³-hybridized carbons (Fsp3) is 0.778. The van der Waals surface area contributed by atoms with Crippen molar-refractivity contribution in [3.05, 3.63) is 0 Å². The zero-order valence-electron chi connectivity index (χ0n) is 6.97. The van der Waals surface area contributed by atoms with Crippen molar-refractivity contribution >= 4 is 11.8 Å². The summed E-state index contributed by atoms with van der Waals surface area (Å²) in [6.07, 6.45) is 7.97. The van der Waals surface area contributed by atoms with E-state index in [4.69, 9.17) is 6.42 Å². The van der Waals surface area contributed by atoms with Gasteiger partial charge in [0.05, 0.1) is 6.04 Å². The normalized spacial score (nSPS) is 26.4. The van der Waals surface area contributed by atoms with Crippen LogP contribution in [0.25, 0.3) is 0 Å². The summed E-state index contributed by atoms with van der Waals surface area (Å²) in [5, 5.41) is 4.13. The molecule has 1 saturated heterocycles. The van der Waals surface area contributed by atoms with Crippen molar-refractivity contribution in [1.82, 2.24) is 5.32 Å². The second-order valence-corrected chi connectivity index (χ2v) is 4.34. The summed E-state index contributed by atoms with van der Waals surface area (Å²) in [6.45, 7) is 3.11. The Bertz CT molecular complexity index is 144. The Morgan fingerprint density at radius 1 is 1.82 bits per heavy atom. The van der Waals surface area contributed by atoms with Gasteiger partial charge in [-0.05, 0) is 25.5 Å². The number of rotatable bonds is 3. The molecule has 0 bridgehead atoms. The molecule has 1 heterocycles. The second-order valence-electron chi connectivity index (χ2n) is 2.93. The van der Waals surface area contributed by atoms with Crippen LogP contribution in [0.4, 0.5) is 0 Å². The third-order valence-corrected chi connectivity index (χ3v) is 3.32. The summed E-state index contributed by atoms with van der Waals surface area (Å²) in [6, 6.07) is 0.233. The first-order valence-electron chi connectivity index (χ1n) is 4.14. The standard InChI is InChI=1S/C9H15NS/c1-3-8(2)10-7-9-5-4-6-11-9/h1,8-10H,4-7H2,2H3. The summed E-state index contributed by atoms with van der Waals surface area (Å²) in [5.41, 5.74) is 0. The van der Waals surface area contributed by atoms with Crippen LogP contribution in [-0.4, -0.2) is 23.6 Å². The maximum Gasteiger partial charge on any atom is 0.0658 e. The lowest BCUT2D eigenvalue weighted by atomic mass is 10.2. The highest BCUT2D eigenvalue weighted by molar-refractivity contribution is 8.00. The molecule has 0 spiro atoms. The lowest BCUT2D eigenvalue weighted by Gasteiger charge is -2.11. The van der Waals surface area contributed by atoms with E-state index in [2.05, 4.69) is 23.0 Å². The molecule has 0 amide bonds. The molecule has 0 aromatic carbocycles. The Balaban J connectivity index is 2.07. The lowest BCUT2D eigenvalue weighted by molar-refractivity contribution is 0.616. The van der Waals surface area contributed by atoms with E-state index >= 15 is 0 Å². The molecule has 2 unspecified atom stereocenters. The predicted octanol–water partition coefficient (Wildman–Crippen LogP) is 1.49. The third kappa shape index (κ3) is 3.18. The molecule has 0 aromatic rings. The van der Waals surface area contributed by atoms with E-state index in [0.29, 0.717) is 0 Å². The van der Waals surface area contributed by atoms with E-state index in [1.165, 1.54) is 18.6 Å². The summed E-state index contributed by atoms with van der Waals surface area (Å²) >= 11 is 2.06.